The molecule has 2 aliphatic rings. The first kappa shape index (κ1) is 19.1. The van der Waals surface area contributed by atoms with Gasteiger partial charge in [0.1, 0.15) is 5.60 Å². The molecule has 1 aromatic rings. The van der Waals surface area contributed by atoms with Crippen LogP contribution in [0, 0.1) is 0 Å². The molecule has 0 aromatic carbocycles. The molecule has 0 atom stereocenters. The van der Waals surface area contributed by atoms with Crippen molar-refractivity contribution in [1.29, 1.82) is 0 Å². The van der Waals surface area contributed by atoms with E-state index in [4.69, 9.17) is 4.74 Å². The predicted octanol–water partition coefficient (Wildman–Crippen LogP) is 4.40. The number of aromatic nitrogens is 1. The minimum Gasteiger partial charge on any atom is -0.444 e. The lowest BCUT2D eigenvalue weighted by molar-refractivity contribution is -0.0220. The van der Waals surface area contributed by atoms with E-state index < -0.39 is 11.5 Å². The van der Waals surface area contributed by atoms with Gasteiger partial charge in [-0.25, -0.2) is 18.6 Å². The fraction of sp³-hybridized carbons (Fsp3) is 0.667. The quantitative estimate of drug-likeness (QED) is 0.757. The Labute approximate surface area is 156 Å². The fourth-order valence-corrected chi connectivity index (χ4v) is 4.01. The first-order valence-electron chi connectivity index (χ1n) is 8.89. The summed E-state index contributed by atoms with van der Waals surface area (Å²) < 4.78 is 32.0. The Bertz CT molecular complexity index is 687. The van der Waals surface area contributed by atoms with Crippen LogP contribution in [0.15, 0.2) is 12.3 Å². The number of amides is 1. The van der Waals surface area contributed by atoms with Gasteiger partial charge in [0.15, 0.2) is 5.13 Å². The summed E-state index contributed by atoms with van der Waals surface area (Å²) in [6.07, 6.45) is 4.03. The molecule has 5 nitrogen and oxygen atoms in total. The summed E-state index contributed by atoms with van der Waals surface area (Å²) >= 11 is 1.53. The van der Waals surface area contributed by atoms with E-state index in [2.05, 4.69) is 4.98 Å². The second-order valence-electron chi connectivity index (χ2n) is 7.76. The molecule has 8 heteroatoms. The van der Waals surface area contributed by atoms with Crippen molar-refractivity contribution in [1.82, 2.24) is 9.88 Å². The van der Waals surface area contributed by atoms with Gasteiger partial charge in [0.25, 0.3) is 5.92 Å². The number of halogens is 2. The highest BCUT2D eigenvalue weighted by molar-refractivity contribution is 7.16. The van der Waals surface area contributed by atoms with Crippen LogP contribution in [0.4, 0.5) is 18.7 Å². The van der Waals surface area contributed by atoms with Crippen LogP contribution in [0.25, 0.3) is 5.57 Å². The van der Waals surface area contributed by atoms with E-state index in [-0.39, 0.29) is 18.9 Å². The zero-order valence-electron chi connectivity index (χ0n) is 15.4. The van der Waals surface area contributed by atoms with E-state index >= 15 is 0 Å². The fourth-order valence-electron chi connectivity index (χ4n) is 2.97. The van der Waals surface area contributed by atoms with Gasteiger partial charge in [0.2, 0.25) is 0 Å². The van der Waals surface area contributed by atoms with Crippen molar-refractivity contribution >= 4 is 28.1 Å². The summed E-state index contributed by atoms with van der Waals surface area (Å²) in [6, 6.07) is 0. The molecule has 1 saturated heterocycles. The van der Waals surface area contributed by atoms with E-state index in [0.717, 1.165) is 22.0 Å². The predicted molar refractivity (Wildman–Crippen MR) is 98.9 cm³/mol. The first-order chi connectivity index (χ1) is 12.1. The highest BCUT2D eigenvalue weighted by Crippen LogP contribution is 2.35. The van der Waals surface area contributed by atoms with Gasteiger partial charge in [-0.1, -0.05) is 17.4 Å². The SMILES string of the molecule is CC(C)(C)OC(=O)N1CC=C(c2cnc(N3CCC(F)(F)CC3)s2)CC1. The Kier molecular flexibility index (Phi) is 5.23. The number of thiazole rings is 1. The third-order valence-electron chi connectivity index (χ3n) is 4.44. The maximum Gasteiger partial charge on any atom is 0.410 e. The molecule has 2 aliphatic heterocycles. The first-order valence-corrected chi connectivity index (χ1v) is 9.71. The van der Waals surface area contributed by atoms with Crippen molar-refractivity contribution in [2.45, 2.75) is 51.6 Å². The van der Waals surface area contributed by atoms with Gasteiger partial charge in [-0.3, -0.25) is 0 Å². The number of hydrogen-bond acceptors (Lipinski definition) is 5. The maximum atomic E-state index is 13.3. The highest BCUT2D eigenvalue weighted by atomic mass is 32.1. The number of hydrogen-bond donors (Lipinski definition) is 0. The second-order valence-corrected chi connectivity index (χ2v) is 8.76. The third kappa shape index (κ3) is 4.72. The van der Waals surface area contributed by atoms with Crippen LogP contribution in [0.5, 0.6) is 0 Å². The van der Waals surface area contributed by atoms with Crippen LogP contribution in [-0.4, -0.2) is 53.7 Å². The summed E-state index contributed by atoms with van der Waals surface area (Å²) in [5, 5.41) is 0.797. The molecule has 3 rings (SSSR count). The Morgan fingerprint density at radius 3 is 2.54 bits per heavy atom. The standard InChI is InChI=1S/C18H25F2N3O2S/c1-17(2,3)25-16(24)23-8-4-13(5-9-23)14-12-21-15(26-14)22-10-6-18(19,20)7-11-22/h4,12H,5-11H2,1-3H3. The van der Waals surface area contributed by atoms with Gasteiger partial charge in [-0.15, -0.1) is 0 Å². The monoisotopic (exact) mass is 385 g/mol. The average Bonchev–Trinajstić information content (AvgIpc) is 3.03. The molecule has 0 spiro atoms. The topological polar surface area (TPSA) is 45.7 Å². The van der Waals surface area contributed by atoms with Gasteiger partial charge in [-0.2, -0.15) is 0 Å². The molecular weight excluding hydrogens is 360 g/mol. The Morgan fingerprint density at radius 2 is 1.96 bits per heavy atom. The molecule has 144 valence electrons. The van der Waals surface area contributed by atoms with E-state index in [1.165, 1.54) is 11.3 Å². The van der Waals surface area contributed by atoms with Crippen LogP contribution in [0.2, 0.25) is 0 Å². The number of piperidine rings is 1. The van der Waals surface area contributed by atoms with Crippen LogP contribution >= 0.6 is 11.3 Å². The maximum absolute atomic E-state index is 13.3. The molecular formula is C18H25F2N3O2S. The number of alkyl halides is 2. The zero-order chi connectivity index (χ0) is 18.9. The van der Waals surface area contributed by atoms with Gasteiger partial charge >= 0.3 is 6.09 Å². The Hall–Kier alpha value is -1.70. The summed E-state index contributed by atoms with van der Waals surface area (Å²) in [6.45, 7) is 7.34. The zero-order valence-corrected chi connectivity index (χ0v) is 16.2. The molecule has 1 aromatic heterocycles. The van der Waals surface area contributed by atoms with E-state index in [0.29, 0.717) is 26.2 Å². The lowest BCUT2D eigenvalue weighted by Crippen LogP contribution is -2.39. The Balaban J connectivity index is 1.60. The molecule has 0 radical (unpaired) electrons. The molecule has 0 aliphatic carbocycles. The smallest absolute Gasteiger partial charge is 0.410 e. The second kappa shape index (κ2) is 7.13. The highest BCUT2D eigenvalue weighted by Gasteiger charge is 2.35. The minimum absolute atomic E-state index is 0.116. The molecule has 0 saturated carbocycles. The minimum atomic E-state index is -2.55. The van der Waals surface area contributed by atoms with Crippen LogP contribution in [0.1, 0.15) is 44.9 Å². The van der Waals surface area contributed by atoms with Gasteiger partial charge in [0.05, 0.1) is 4.88 Å². The number of rotatable bonds is 2. The molecule has 26 heavy (non-hydrogen) atoms. The molecule has 1 amide bonds. The lowest BCUT2D eigenvalue weighted by Gasteiger charge is -2.31. The number of nitrogens with zero attached hydrogens (tertiary/aromatic N) is 3. The van der Waals surface area contributed by atoms with Gasteiger partial charge in [0, 0.05) is 45.2 Å². The number of carbonyl (C=O) groups is 1. The molecule has 1 fully saturated rings. The van der Waals surface area contributed by atoms with Crippen molar-refractivity contribution in [2.75, 3.05) is 31.1 Å². The van der Waals surface area contributed by atoms with Crippen molar-refractivity contribution in [3.05, 3.63) is 17.2 Å². The van der Waals surface area contributed by atoms with Crippen molar-refractivity contribution < 1.29 is 18.3 Å². The number of carbonyl (C=O) groups excluding carboxylic acids is 1. The Morgan fingerprint density at radius 1 is 1.27 bits per heavy atom. The van der Waals surface area contributed by atoms with Crippen LogP contribution in [-0.2, 0) is 4.74 Å². The summed E-state index contributed by atoms with van der Waals surface area (Å²) in [5.74, 6) is -2.55. The normalized spacial score (nSPS) is 20.7. The summed E-state index contributed by atoms with van der Waals surface area (Å²) in [4.78, 5) is 21.2. The molecule has 0 N–H and O–H groups in total. The third-order valence-corrected chi connectivity index (χ3v) is 5.57. The average molecular weight is 385 g/mol. The number of anilines is 1. The van der Waals surface area contributed by atoms with Crippen molar-refractivity contribution in [2.24, 2.45) is 0 Å². The van der Waals surface area contributed by atoms with Gasteiger partial charge < -0.3 is 14.5 Å². The van der Waals surface area contributed by atoms with E-state index in [1.54, 1.807) is 4.90 Å². The van der Waals surface area contributed by atoms with E-state index in [9.17, 15) is 13.6 Å². The summed E-state index contributed by atoms with van der Waals surface area (Å²) in [5.41, 5.74) is 0.648. The van der Waals surface area contributed by atoms with Crippen LogP contribution < -0.4 is 4.90 Å². The molecule has 0 bridgehead atoms. The van der Waals surface area contributed by atoms with Crippen LogP contribution in [0.3, 0.4) is 0 Å². The number of ether oxygens (including phenoxy) is 1. The molecule has 3 heterocycles. The van der Waals surface area contributed by atoms with Crippen molar-refractivity contribution in [3.8, 4) is 0 Å². The van der Waals surface area contributed by atoms with E-state index in [1.807, 2.05) is 37.9 Å². The van der Waals surface area contributed by atoms with Crippen molar-refractivity contribution in [3.63, 3.8) is 0 Å². The largest absolute Gasteiger partial charge is 0.444 e. The van der Waals surface area contributed by atoms with Gasteiger partial charge in [-0.05, 0) is 32.8 Å². The molecule has 0 unspecified atom stereocenters. The summed E-state index contributed by atoms with van der Waals surface area (Å²) in [7, 11) is 0. The lowest BCUT2D eigenvalue weighted by atomic mass is 10.1.